The maximum Gasteiger partial charge on any atom is 0.319 e. The average Bonchev–Trinajstić information content (AvgIpc) is 2.91. The minimum atomic E-state index is -2.69. The number of fused-ring (bicyclic) bond motifs is 1. The van der Waals surface area contributed by atoms with E-state index >= 15 is 0 Å². The fourth-order valence-corrected chi connectivity index (χ4v) is 2.40. The van der Waals surface area contributed by atoms with E-state index in [2.05, 4.69) is 25.9 Å². The first kappa shape index (κ1) is 13.9. The molecule has 0 spiro atoms. The number of imidazole rings is 1. The molecule has 0 bridgehead atoms. The molecule has 0 radical (unpaired) electrons. The molecule has 0 amide bonds. The topological polar surface area (TPSA) is 52.7 Å². The van der Waals surface area contributed by atoms with Gasteiger partial charge in [-0.25, -0.2) is 9.97 Å². The van der Waals surface area contributed by atoms with Gasteiger partial charge in [0.2, 0.25) is 0 Å². The molecule has 3 rings (SSSR count). The predicted molar refractivity (Wildman–Crippen MR) is 76.3 cm³/mol. The lowest BCUT2D eigenvalue weighted by atomic mass is 10.2. The predicted octanol–water partition coefficient (Wildman–Crippen LogP) is 2.80. The van der Waals surface area contributed by atoms with Crippen molar-refractivity contribution in [3.8, 4) is 0 Å². The van der Waals surface area contributed by atoms with Gasteiger partial charge in [-0.3, -0.25) is 13.9 Å². The molecule has 0 saturated carbocycles. The largest absolute Gasteiger partial charge is 0.319 e. The van der Waals surface area contributed by atoms with Gasteiger partial charge >= 0.3 is 6.55 Å². The standard InChI is InChI=1S/C13H9BrF2N4O/c14-8-1-2-10-9(5-8)12(21)19(7-18-10)6-11-17-3-4-20(11)13(15)16/h1-5,7,13H,6H2. The summed E-state index contributed by atoms with van der Waals surface area (Å²) in [5.74, 6) is 0.100. The number of rotatable bonds is 3. The molecule has 0 saturated heterocycles. The fourth-order valence-electron chi connectivity index (χ4n) is 2.04. The second-order valence-electron chi connectivity index (χ2n) is 4.37. The van der Waals surface area contributed by atoms with Crippen LogP contribution in [0, 0.1) is 0 Å². The molecule has 8 heteroatoms. The van der Waals surface area contributed by atoms with E-state index in [1.54, 1.807) is 18.2 Å². The summed E-state index contributed by atoms with van der Waals surface area (Å²) in [6.07, 6.45) is 3.79. The maximum absolute atomic E-state index is 12.8. The molecule has 21 heavy (non-hydrogen) atoms. The fraction of sp³-hybridized carbons (Fsp3) is 0.154. The number of hydrogen-bond donors (Lipinski definition) is 0. The summed E-state index contributed by atoms with van der Waals surface area (Å²) in [6.45, 7) is -2.76. The molecule has 1 aromatic carbocycles. The summed E-state index contributed by atoms with van der Waals surface area (Å²) in [4.78, 5) is 20.4. The van der Waals surface area contributed by atoms with E-state index in [9.17, 15) is 13.6 Å². The van der Waals surface area contributed by atoms with E-state index in [0.717, 1.165) is 9.04 Å². The quantitative estimate of drug-likeness (QED) is 0.726. The van der Waals surface area contributed by atoms with Crippen LogP contribution in [0.3, 0.4) is 0 Å². The lowest BCUT2D eigenvalue weighted by Crippen LogP contribution is -2.23. The average molecular weight is 355 g/mol. The van der Waals surface area contributed by atoms with Gasteiger partial charge < -0.3 is 0 Å². The van der Waals surface area contributed by atoms with Gasteiger partial charge in [-0.15, -0.1) is 0 Å². The molecule has 3 aromatic rings. The summed E-state index contributed by atoms with van der Waals surface area (Å²) >= 11 is 3.29. The Balaban J connectivity index is 2.07. The van der Waals surface area contributed by atoms with Crippen LogP contribution in [0.5, 0.6) is 0 Å². The third kappa shape index (κ3) is 2.58. The van der Waals surface area contributed by atoms with Crippen molar-refractivity contribution in [2.45, 2.75) is 13.1 Å². The van der Waals surface area contributed by atoms with E-state index in [1.807, 2.05) is 0 Å². The van der Waals surface area contributed by atoms with Gasteiger partial charge in [0, 0.05) is 16.9 Å². The maximum atomic E-state index is 12.8. The normalized spacial score (nSPS) is 11.4. The van der Waals surface area contributed by atoms with Gasteiger partial charge in [0.15, 0.2) is 0 Å². The summed E-state index contributed by atoms with van der Waals surface area (Å²) in [5.41, 5.74) is 0.252. The number of hydrogen-bond acceptors (Lipinski definition) is 3. The van der Waals surface area contributed by atoms with Gasteiger partial charge in [-0.2, -0.15) is 8.78 Å². The first-order chi connectivity index (χ1) is 10.1. The molecule has 0 aliphatic heterocycles. The third-order valence-corrected chi connectivity index (χ3v) is 3.55. The molecular weight excluding hydrogens is 346 g/mol. The molecule has 2 heterocycles. The van der Waals surface area contributed by atoms with E-state index in [0.29, 0.717) is 10.9 Å². The first-order valence-corrected chi connectivity index (χ1v) is 6.80. The van der Waals surface area contributed by atoms with Crippen molar-refractivity contribution in [3.05, 3.63) is 57.6 Å². The van der Waals surface area contributed by atoms with Crippen molar-refractivity contribution in [3.63, 3.8) is 0 Å². The van der Waals surface area contributed by atoms with Crippen LogP contribution >= 0.6 is 15.9 Å². The Morgan fingerprint density at radius 1 is 1.29 bits per heavy atom. The zero-order chi connectivity index (χ0) is 15.0. The Morgan fingerprint density at radius 2 is 2.10 bits per heavy atom. The number of alkyl halides is 2. The van der Waals surface area contributed by atoms with Crippen molar-refractivity contribution >= 4 is 26.8 Å². The molecule has 108 valence electrons. The summed E-state index contributed by atoms with van der Waals surface area (Å²) < 4.78 is 28.3. The van der Waals surface area contributed by atoms with E-state index in [4.69, 9.17) is 0 Å². The van der Waals surface area contributed by atoms with Crippen LogP contribution in [-0.4, -0.2) is 19.1 Å². The molecule has 0 atom stereocenters. The second-order valence-corrected chi connectivity index (χ2v) is 5.28. The zero-order valence-corrected chi connectivity index (χ0v) is 12.2. The lowest BCUT2D eigenvalue weighted by Gasteiger charge is -2.09. The molecule has 0 fully saturated rings. The summed E-state index contributed by atoms with van der Waals surface area (Å²) in [6, 6.07) is 5.15. The summed E-state index contributed by atoms with van der Waals surface area (Å²) in [5, 5.41) is 0.419. The van der Waals surface area contributed by atoms with Crippen LogP contribution in [0.25, 0.3) is 10.9 Å². The van der Waals surface area contributed by atoms with Crippen LogP contribution in [-0.2, 0) is 6.54 Å². The van der Waals surface area contributed by atoms with E-state index < -0.39 is 6.55 Å². The second kappa shape index (κ2) is 5.36. The van der Waals surface area contributed by atoms with Gasteiger partial charge in [-0.1, -0.05) is 15.9 Å². The number of aromatic nitrogens is 4. The van der Waals surface area contributed by atoms with Crippen LogP contribution in [0.1, 0.15) is 12.4 Å². The molecule has 0 aliphatic rings. The molecule has 0 N–H and O–H groups in total. The number of nitrogens with zero attached hydrogens (tertiary/aromatic N) is 4. The minimum Gasteiger partial charge on any atom is -0.291 e. The van der Waals surface area contributed by atoms with Crippen molar-refractivity contribution < 1.29 is 8.78 Å². The van der Waals surface area contributed by atoms with E-state index in [-0.39, 0.29) is 17.9 Å². The Hall–Kier alpha value is -2.09. The van der Waals surface area contributed by atoms with Gasteiger partial charge in [-0.05, 0) is 18.2 Å². The smallest absolute Gasteiger partial charge is 0.291 e. The van der Waals surface area contributed by atoms with Crippen LogP contribution in [0.15, 0.2) is 46.2 Å². The summed E-state index contributed by atoms with van der Waals surface area (Å²) in [7, 11) is 0. The van der Waals surface area contributed by atoms with Gasteiger partial charge in [0.1, 0.15) is 5.82 Å². The highest BCUT2D eigenvalue weighted by atomic mass is 79.9. The van der Waals surface area contributed by atoms with Gasteiger partial charge in [0.25, 0.3) is 5.56 Å². The van der Waals surface area contributed by atoms with E-state index in [1.165, 1.54) is 23.3 Å². The minimum absolute atomic E-state index is 0.0639. The molecular formula is C13H9BrF2N4O. The van der Waals surface area contributed by atoms with Crippen LogP contribution in [0.4, 0.5) is 8.78 Å². The first-order valence-electron chi connectivity index (χ1n) is 6.01. The Labute approximate surface area is 126 Å². The van der Waals surface area contributed by atoms with Crippen molar-refractivity contribution in [1.29, 1.82) is 0 Å². The highest BCUT2D eigenvalue weighted by molar-refractivity contribution is 9.10. The number of benzene rings is 1. The molecule has 5 nitrogen and oxygen atoms in total. The highest BCUT2D eigenvalue weighted by Gasteiger charge is 2.13. The number of halogens is 3. The van der Waals surface area contributed by atoms with Crippen LogP contribution < -0.4 is 5.56 Å². The van der Waals surface area contributed by atoms with Crippen LogP contribution in [0.2, 0.25) is 0 Å². The highest BCUT2D eigenvalue weighted by Crippen LogP contribution is 2.16. The Bertz CT molecular complexity index is 859. The lowest BCUT2D eigenvalue weighted by molar-refractivity contribution is 0.0666. The SMILES string of the molecule is O=c1c2cc(Br)ccc2ncn1Cc1nccn1C(F)F. The van der Waals surface area contributed by atoms with Crippen molar-refractivity contribution in [2.24, 2.45) is 0 Å². The van der Waals surface area contributed by atoms with Crippen molar-refractivity contribution in [1.82, 2.24) is 19.1 Å². The molecule has 0 unspecified atom stereocenters. The van der Waals surface area contributed by atoms with Crippen molar-refractivity contribution in [2.75, 3.05) is 0 Å². The zero-order valence-electron chi connectivity index (χ0n) is 10.6. The molecule has 2 aromatic heterocycles. The molecule has 0 aliphatic carbocycles. The third-order valence-electron chi connectivity index (χ3n) is 3.06. The Morgan fingerprint density at radius 3 is 2.86 bits per heavy atom. The Kier molecular flexibility index (Phi) is 3.54. The van der Waals surface area contributed by atoms with Gasteiger partial charge in [0.05, 0.1) is 23.8 Å². The monoisotopic (exact) mass is 354 g/mol.